The molecule has 3 N–H and O–H groups in total. The van der Waals surface area contributed by atoms with Crippen LogP contribution in [0.5, 0.6) is 0 Å². The van der Waals surface area contributed by atoms with Crippen molar-refractivity contribution in [2.45, 2.75) is 26.4 Å². The van der Waals surface area contributed by atoms with Gasteiger partial charge in [0.2, 0.25) is 0 Å². The summed E-state index contributed by atoms with van der Waals surface area (Å²) in [6, 6.07) is 4.91. The normalized spacial score (nSPS) is 11.3. The Hall–Kier alpha value is -2.15. The second-order valence-corrected chi connectivity index (χ2v) is 6.25. The van der Waals surface area contributed by atoms with Gasteiger partial charge < -0.3 is 10.5 Å². The minimum atomic E-state index is -0.772. The molecule has 0 radical (unpaired) electrons. The first-order valence-corrected chi connectivity index (χ1v) is 6.77. The average molecular weight is 293 g/mol. The van der Waals surface area contributed by atoms with E-state index >= 15 is 0 Å². The van der Waals surface area contributed by atoms with Gasteiger partial charge in [-0.15, -0.1) is 0 Å². The summed E-state index contributed by atoms with van der Waals surface area (Å²) in [6.45, 7) is 5.18. The van der Waals surface area contributed by atoms with Crippen molar-refractivity contribution in [1.29, 1.82) is 0 Å². The molecule has 2 aromatic rings. The molecule has 0 aliphatic carbocycles. The van der Waals surface area contributed by atoms with Gasteiger partial charge in [-0.1, -0.05) is 11.3 Å². The van der Waals surface area contributed by atoms with E-state index in [4.69, 9.17) is 10.5 Å². The van der Waals surface area contributed by atoms with Gasteiger partial charge in [-0.3, -0.25) is 10.1 Å². The molecule has 2 rings (SSSR count). The first-order valence-electron chi connectivity index (χ1n) is 5.95. The molecule has 0 atom stereocenters. The van der Waals surface area contributed by atoms with Crippen LogP contribution in [0.1, 0.15) is 31.1 Å². The van der Waals surface area contributed by atoms with E-state index < -0.39 is 17.6 Å². The Morgan fingerprint density at radius 3 is 2.70 bits per heavy atom. The molecule has 0 aliphatic rings. The van der Waals surface area contributed by atoms with Crippen LogP contribution in [0.2, 0.25) is 0 Å². The topological polar surface area (TPSA) is 94.3 Å². The monoisotopic (exact) mass is 293 g/mol. The van der Waals surface area contributed by atoms with Crippen molar-refractivity contribution >= 4 is 38.7 Å². The number of rotatable bonds is 1. The molecule has 1 aromatic heterocycles. The number of benzene rings is 1. The van der Waals surface area contributed by atoms with Crippen LogP contribution >= 0.6 is 11.3 Å². The van der Waals surface area contributed by atoms with E-state index in [1.807, 2.05) is 0 Å². The Morgan fingerprint density at radius 2 is 2.05 bits per heavy atom. The number of nitrogens with two attached hydrogens (primary N) is 1. The zero-order valence-electron chi connectivity index (χ0n) is 11.4. The number of ether oxygens (including phenoxy) is 1. The second kappa shape index (κ2) is 5.09. The predicted octanol–water partition coefficient (Wildman–Crippen LogP) is 2.54. The lowest BCUT2D eigenvalue weighted by atomic mass is 10.2. The van der Waals surface area contributed by atoms with Gasteiger partial charge in [0.05, 0.1) is 10.2 Å². The Balaban J connectivity index is 2.13. The average Bonchev–Trinajstić information content (AvgIpc) is 2.64. The van der Waals surface area contributed by atoms with Crippen molar-refractivity contribution in [3.8, 4) is 0 Å². The number of nitrogens with one attached hydrogen (secondary N) is 1. The smallest absolute Gasteiger partial charge is 0.414 e. The molecule has 0 spiro atoms. The minimum absolute atomic E-state index is 0.354. The molecule has 0 unspecified atom stereocenters. The molecule has 0 saturated heterocycles. The molecule has 0 aliphatic heterocycles. The second-order valence-electron chi connectivity index (χ2n) is 5.19. The SMILES string of the molecule is CC(C)(C)OC(=O)NC(=O)c1ccc2nc(N)sc2c1. The van der Waals surface area contributed by atoms with Gasteiger partial charge in [0.1, 0.15) is 5.60 Å². The molecule has 7 heteroatoms. The molecule has 1 aromatic carbocycles. The Labute approximate surface area is 119 Å². The standard InChI is InChI=1S/C13H15N3O3S/c1-13(2,3)19-12(18)16-10(17)7-4-5-8-9(6-7)20-11(14)15-8/h4-6H,1-3H3,(H2,14,15)(H,16,17,18). The van der Waals surface area contributed by atoms with Crippen LogP contribution < -0.4 is 11.1 Å². The summed E-state index contributed by atoms with van der Waals surface area (Å²) >= 11 is 1.28. The summed E-state index contributed by atoms with van der Waals surface area (Å²) in [6.07, 6.45) is -0.772. The number of amides is 2. The highest BCUT2D eigenvalue weighted by atomic mass is 32.1. The third-order valence-corrected chi connectivity index (χ3v) is 3.13. The number of carbonyl (C=O) groups is 2. The third-order valence-electron chi connectivity index (χ3n) is 2.28. The quantitative estimate of drug-likeness (QED) is 0.842. The first-order chi connectivity index (χ1) is 9.24. The molecule has 1 heterocycles. The number of imide groups is 1. The zero-order valence-corrected chi connectivity index (χ0v) is 12.2. The van der Waals surface area contributed by atoms with Gasteiger partial charge in [-0.05, 0) is 39.0 Å². The van der Waals surface area contributed by atoms with E-state index in [0.29, 0.717) is 10.7 Å². The predicted molar refractivity (Wildman–Crippen MR) is 77.7 cm³/mol. The van der Waals surface area contributed by atoms with Gasteiger partial charge in [0.25, 0.3) is 5.91 Å². The number of nitrogens with zero attached hydrogens (tertiary/aromatic N) is 1. The van der Waals surface area contributed by atoms with Crippen molar-refractivity contribution in [2.75, 3.05) is 5.73 Å². The highest BCUT2D eigenvalue weighted by Gasteiger charge is 2.19. The van der Waals surface area contributed by atoms with E-state index in [1.54, 1.807) is 39.0 Å². The van der Waals surface area contributed by atoms with Gasteiger partial charge in [0.15, 0.2) is 5.13 Å². The van der Waals surface area contributed by atoms with Crippen molar-refractivity contribution in [3.05, 3.63) is 23.8 Å². The van der Waals surface area contributed by atoms with Crippen LogP contribution in [0.3, 0.4) is 0 Å². The van der Waals surface area contributed by atoms with Crippen molar-refractivity contribution < 1.29 is 14.3 Å². The van der Waals surface area contributed by atoms with Crippen molar-refractivity contribution in [1.82, 2.24) is 10.3 Å². The number of carbonyl (C=O) groups excluding carboxylic acids is 2. The lowest BCUT2D eigenvalue weighted by Crippen LogP contribution is -2.36. The minimum Gasteiger partial charge on any atom is -0.444 e. The molecule has 6 nitrogen and oxygen atoms in total. The number of hydrogen-bond acceptors (Lipinski definition) is 6. The maximum atomic E-state index is 11.9. The van der Waals surface area contributed by atoms with E-state index in [0.717, 1.165) is 10.2 Å². The van der Waals surface area contributed by atoms with Gasteiger partial charge in [0, 0.05) is 5.56 Å². The van der Waals surface area contributed by atoms with E-state index in [2.05, 4.69) is 10.3 Å². The number of alkyl carbamates (subject to hydrolysis) is 1. The maximum absolute atomic E-state index is 11.9. The van der Waals surface area contributed by atoms with Crippen LogP contribution in [0, 0.1) is 0 Å². The van der Waals surface area contributed by atoms with Crippen LogP contribution in [-0.4, -0.2) is 22.6 Å². The summed E-state index contributed by atoms with van der Waals surface area (Å²) in [7, 11) is 0. The van der Waals surface area contributed by atoms with Crippen LogP contribution in [-0.2, 0) is 4.74 Å². The summed E-state index contributed by atoms with van der Waals surface area (Å²) in [5, 5.41) is 2.61. The molecule has 0 fully saturated rings. The molecular weight excluding hydrogens is 278 g/mol. The first kappa shape index (κ1) is 14.3. The molecule has 106 valence electrons. The number of nitrogen functional groups attached to an aromatic ring is 1. The summed E-state index contributed by atoms with van der Waals surface area (Å²) in [4.78, 5) is 27.6. The summed E-state index contributed by atoms with van der Waals surface area (Å²) < 4.78 is 5.81. The molecule has 0 saturated carbocycles. The van der Waals surface area contributed by atoms with Gasteiger partial charge in [-0.25, -0.2) is 9.78 Å². The van der Waals surface area contributed by atoms with Crippen LogP contribution in [0.4, 0.5) is 9.93 Å². The Kier molecular flexibility index (Phi) is 3.63. The third kappa shape index (κ3) is 3.45. The number of fused-ring (bicyclic) bond motifs is 1. The fraction of sp³-hybridized carbons (Fsp3) is 0.308. The molecule has 20 heavy (non-hydrogen) atoms. The summed E-state index contributed by atoms with van der Waals surface area (Å²) in [5.74, 6) is -0.520. The van der Waals surface area contributed by atoms with Gasteiger partial charge >= 0.3 is 6.09 Å². The lowest BCUT2D eigenvalue weighted by Gasteiger charge is -2.19. The van der Waals surface area contributed by atoms with Crippen molar-refractivity contribution in [2.24, 2.45) is 0 Å². The zero-order chi connectivity index (χ0) is 14.9. The van der Waals surface area contributed by atoms with Crippen LogP contribution in [0.25, 0.3) is 10.2 Å². The number of thiazole rings is 1. The molecule has 0 bridgehead atoms. The lowest BCUT2D eigenvalue weighted by molar-refractivity contribution is 0.0508. The number of anilines is 1. The maximum Gasteiger partial charge on any atom is 0.414 e. The van der Waals surface area contributed by atoms with E-state index in [-0.39, 0.29) is 0 Å². The number of hydrogen-bond donors (Lipinski definition) is 2. The van der Waals surface area contributed by atoms with Crippen LogP contribution in [0.15, 0.2) is 18.2 Å². The fourth-order valence-electron chi connectivity index (χ4n) is 1.55. The molecule has 2 amide bonds. The van der Waals surface area contributed by atoms with Gasteiger partial charge in [-0.2, -0.15) is 0 Å². The molecular formula is C13H15N3O3S. The number of aromatic nitrogens is 1. The largest absolute Gasteiger partial charge is 0.444 e. The highest BCUT2D eigenvalue weighted by molar-refractivity contribution is 7.22. The Bertz CT molecular complexity index is 673. The highest BCUT2D eigenvalue weighted by Crippen LogP contribution is 2.24. The fourth-order valence-corrected chi connectivity index (χ4v) is 2.33. The Morgan fingerprint density at radius 1 is 1.35 bits per heavy atom. The van der Waals surface area contributed by atoms with E-state index in [1.165, 1.54) is 11.3 Å². The summed E-state index contributed by atoms with van der Waals surface area (Å²) in [5.41, 5.74) is 6.02. The van der Waals surface area contributed by atoms with E-state index in [9.17, 15) is 9.59 Å². The van der Waals surface area contributed by atoms with Crippen molar-refractivity contribution in [3.63, 3.8) is 0 Å².